The second kappa shape index (κ2) is 6.38. The fourth-order valence-electron chi connectivity index (χ4n) is 2.56. The van der Waals surface area contributed by atoms with Crippen LogP contribution in [-0.2, 0) is 6.54 Å². The Hall–Kier alpha value is -1.40. The Kier molecular flexibility index (Phi) is 4.49. The number of benzene rings is 1. The van der Waals surface area contributed by atoms with Gasteiger partial charge in [-0.1, -0.05) is 18.2 Å². The van der Waals surface area contributed by atoms with Crippen LogP contribution in [0.2, 0.25) is 0 Å². The van der Waals surface area contributed by atoms with E-state index in [0.29, 0.717) is 0 Å². The van der Waals surface area contributed by atoms with Gasteiger partial charge in [0.15, 0.2) is 0 Å². The van der Waals surface area contributed by atoms with Gasteiger partial charge in [0.05, 0.1) is 20.8 Å². The molecule has 2 aromatic rings. The third-order valence-corrected chi connectivity index (χ3v) is 7.21. The Labute approximate surface area is 141 Å². The average Bonchev–Trinajstić information content (AvgIpc) is 3.06. The van der Waals surface area contributed by atoms with Crippen LogP contribution in [-0.4, -0.2) is 20.4 Å². The summed E-state index contributed by atoms with van der Waals surface area (Å²) in [5, 5.41) is 14.3. The molecule has 116 valence electrons. The van der Waals surface area contributed by atoms with Gasteiger partial charge in [-0.25, -0.2) is 0 Å². The molecule has 0 saturated heterocycles. The molecule has 2 heterocycles. The van der Waals surface area contributed by atoms with Crippen LogP contribution in [0.3, 0.4) is 0 Å². The van der Waals surface area contributed by atoms with Gasteiger partial charge in [-0.05, 0) is 48.3 Å². The summed E-state index contributed by atoms with van der Waals surface area (Å²) >= 11 is 3.58. The van der Waals surface area contributed by atoms with Gasteiger partial charge in [-0.2, -0.15) is 10.2 Å². The van der Waals surface area contributed by atoms with E-state index in [-0.39, 0.29) is 0 Å². The first-order valence-corrected chi connectivity index (χ1v) is 9.42. The summed E-state index contributed by atoms with van der Waals surface area (Å²) in [7, 11) is -0.526. The molecule has 4 nitrogen and oxygen atoms in total. The van der Waals surface area contributed by atoms with E-state index >= 15 is 0 Å². The lowest BCUT2D eigenvalue weighted by atomic mass is 10.2. The topological polar surface area (TPSA) is 42.5 Å². The van der Waals surface area contributed by atoms with Crippen LogP contribution in [0, 0.1) is 20.8 Å². The number of nitrogens with zero attached hydrogens (tertiary/aromatic N) is 4. The monoisotopic (exact) mass is 378 g/mol. The molecule has 0 spiro atoms. The number of thiol groups is 1. The van der Waals surface area contributed by atoms with Gasteiger partial charge in [-0.3, -0.25) is 4.68 Å². The van der Waals surface area contributed by atoms with Gasteiger partial charge < -0.3 is 0 Å². The van der Waals surface area contributed by atoms with E-state index in [2.05, 4.69) is 69.3 Å². The lowest BCUT2D eigenvalue weighted by molar-refractivity contribution is 0.613. The van der Waals surface area contributed by atoms with Crippen LogP contribution < -0.4 is 0 Å². The van der Waals surface area contributed by atoms with Crippen LogP contribution in [0.5, 0.6) is 0 Å². The molecule has 6 heteroatoms. The first kappa shape index (κ1) is 15.5. The number of aryl methyl sites for hydroxylation is 3. The Bertz CT molecular complexity index is 764. The molecule has 1 aromatic heterocycles. The summed E-state index contributed by atoms with van der Waals surface area (Å²) in [6.45, 7) is 7.09. The zero-order valence-electron chi connectivity index (χ0n) is 12.9. The highest BCUT2D eigenvalue weighted by Gasteiger charge is 2.19. The average molecular weight is 379 g/mol. The summed E-state index contributed by atoms with van der Waals surface area (Å²) < 4.78 is 3.14. The van der Waals surface area contributed by atoms with Crippen LogP contribution in [0.4, 0.5) is 0 Å². The number of hydrogen-bond donors (Lipinski definition) is 1. The van der Waals surface area contributed by atoms with E-state index in [1.54, 1.807) is 0 Å². The molecule has 1 unspecified atom stereocenters. The Morgan fingerprint density at radius 3 is 2.64 bits per heavy atom. The fourth-order valence-corrected chi connectivity index (χ4v) is 4.73. The summed E-state index contributed by atoms with van der Waals surface area (Å²) in [6, 6.07) is 8.51. The number of halogens is 1. The molecule has 0 aliphatic carbocycles. The Balaban J connectivity index is 1.76. The third kappa shape index (κ3) is 2.90. The van der Waals surface area contributed by atoms with Crippen molar-refractivity contribution in [2.75, 3.05) is 0 Å². The third-order valence-electron chi connectivity index (χ3n) is 3.83. The van der Waals surface area contributed by atoms with Crippen molar-refractivity contribution in [1.82, 2.24) is 9.78 Å². The smallest absolute Gasteiger partial charge is 0.0870 e. The molecule has 22 heavy (non-hydrogen) atoms. The molecule has 1 atom stereocenters. The highest BCUT2D eigenvalue weighted by molar-refractivity contribution is 9.10. The molecule has 1 aliphatic heterocycles. The molecule has 0 amide bonds. The van der Waals surface area contributed by atoms with Crippen LogP contribution in [0.1, 0.15) is 23.4 Å². The van der Waals surface area contributed by atoms with Crippen molar-refractivity contribution in [3.63, 3.8) is 0 Å². The van der Waals surface area contributed by atoms with Crippen LogP contribution >= 0.6 is 26.8 Å². The SMILES string of the molecule is Cc1ccccc1[SH]1C=NN=C1CCn1nc(C)c(Br)c1C. The Morgan fingerprint density at radius 2 is 1.95 bits per heavy atom. The maximum Gasteiger partial charge on any atom is 0.0870 e. The summed E-state index contributed by atoms with van der Waals surface area (Å²) in [6.07, 6.45) is 0.883. The first-order valence-electron chi connectivity index (χ1n) is 7.22. The van der Waals surface area contributed by atoms with Gasteiger partial charge in [0.1, 0.15) is 0 Å². The lowest BCUT2D eigenvalue weighted by Gasteiger charge is -2.17. The van der Waals surface area contributed by atoms with Gasteiger partial charge in [-0.15, -0.1) is 16.0 Å². The number of aromatic nitrogens is 2. The molecule has 0 saturated carbocycles. The van der Waals surface area contributed by atoms with E-state index in [4.69, 9.17) is 0 Å². The minimum absolute atomic E-state index is 0.526. The summed E-state index contributed by atoms with van der Waals surface area (Å²) in [5.41, 5.74) is 5.51. The van der Waals surface area contributed by atoms with Gasteiger partial charge in [0, 0.05) is 23.6 Å². The molecular formula is C16H19BrN4S. The zero-order valence-corrected chi connectivity index (χ0v) is 15.4. The van der Waals surface area contributed by atoms with Gasteiger partial charge in [0.25, 0.3) is 0 Å². The molecule has 1 aromatic carbocycles. The number of rotatable bonds is 4. The predicted molar refractivity (Wildman–Crippen MR) is 98.4 cm³/mol. The van der Waals surface area contributed by atoms with E-state index in [1.807, 2.05) is 17.2 Å². The van der Waals surface area contributed by atoms with Crippen LogP contribution in [0.15, 0.2) is 43.8 Å². The van der Waals surface area contributed by atoms with Crippen molar-refractivity contribution in [3.05, 3.63) is 45.7 Å². The maximum absolute atomic E-state index is 4.57. The normalized spacial score (nSPS) is 18.7. The minimum atomic E-state index is -0.526. The van der Waals surface area contributed by atoms with E-state index in [1.165, 1.54) is 15.5 Å². The fraction of sp³-hybridized carbons (Fsp3) is 0.312. The largest absolute Gasteiger partial charge is 0.268 e. The van der Waals surface area contributed by atoms with Crippen molar-refractivity contribution in [1.29, 1.82) is 0 Å². The molecule has 0 fully saturated rings. The Morgan fingerprint density at radius 1 is 1.18 bits per heavy atom. The maximum atomic E-state index is 4.57. The first-order chi connectivity index (χ1) is 10.6. The van der Waals surface area contributed by atoms with Crippen molar-refractivity contribution in [2.24, 2.45) is 10.2 Å². The molecule has 1 aliphatic rings. The van der Waals surface area contributed by atoms with Crippen molar-refractivity contribution >= 4 is 37.4 Å². The molecule has 3 rings (SSSR count). The van der Waals surface area contributed by atoms with Crippen molar-refractivity contribution in [2.45, 2.75) is 38.6 Å². The molecule has 0 N–H and O–H groups in total. The lowest BCUT2D eigenvalue weighted by Crippen LogP contribution is -2.08. The van der Waals surface area contributed by atoms with Gasteiger partial charge in [0.2, 0.25) is 0 Å². The van der Waals surface area contributed by atoms with Crippen molar-refractivity contribution in [3.8, 4) is 0 Å². The highest BCUT2D eigenvalue weighted by atomic mass is 79.9. The van der Waals surface area contributed by atoms with E-state index in [9.17, 15) is 0 Å². The quantitative estimate of drug-likeness (QED) is 0.788. The van der Waals surface area contributed by atoms with E-state index in [0.717, 1.165) is 28.8 Å². The molecular weight excluding hydrogens is 360 g/mol. The zero-order chi connectivity index (χ0) is 15.7. The summed E-state index contributed by atoms with van der Waals surface area (Å²) in [4.78, 5) is 1.35. The van der Waals surface area contributed by atoms with Crippen LogP contribution in [0.25, 0.3) is 0 Å². The standard InChI is InChI=1S/C16H19BrN4S/c1-11-6-4-5-7-14(11)22-10-18-19-15(22)8-9-21-13(3)16(17)12(2)20-21/h4-7,10,22H,8-9H2,1-3H3. The molecule has 0 radical (unpaired) electrons. The summed E-state index contributed by atoms with van der Waals surface area (Å²) in [5.74, 6) is 0. The predicted octanol–water partition coefficient (Wildman–Crippen LogP) is 4.38. The second-order valence-electron chi connectivity index (χ2n) is 5.36. The number of hydrogen-bond acceptors (Lipinski definition) is 3. The van der Waals surface area contributed by atoms with Crippen molar-refractivity contribution < 1.29 is 0 Å². The minimum Gasteiger partial charge on any atom is -0.268 e. The van der Waals surface area contributed by atoms with E-state index < -0.39 is 10.9 Å². The molecule has 0 bridgehead atoms. The van der Waals surface area contributed by atoms with Gasteiger partial charge >= 0.3 is 0 Å². The second-order valence-corrected chi connectivity index (χ2v) is 8.12. The highest BCUT2D eigenvalue weighted by Crippen LogP contribution is 2.41.